The van der Waals surface area contributed by atoms with Gasteiger partial charge in [0.25, 0.3) is 0 Å². The lowest BCUT2D eigenvalue weighted by Crippen LogP contribution is -2.51. The van der Waals surface area contributed by atoms with Crippen molar-refractivity contribution >= 4 is 41.6 Å². The van der Waals surface area contributed by atoms with E-state index in [-0.39, 0.29) is 31.5 Å². The van der Waals surface area contributed by atoms with Crippen molar-refractivity contribution in [3.63, 3.8) is 0 Å². The Kier molecular flexibility index (Phi) is 12.3. The number of carboxylic acids is 1. The Balaban J connectivity index is 2.19. The fraction of sp³-hybridized carbons (Fsp3) is 0.357. The lowest BCUT2D eigenvalue weighted by molar-refractivity contribution is -0.140. The predicted octanol–water partition coefficient (Wildman–Crippen LogP) is 1.99. The van der Waals surface area contributed by atoms with E-state index >= 15 is 0 Å². The molecular formula is C28H34N4O8. The number of benzene rings is 2. The van der Waals surface area contributed by atoms with Crippen LogP contribution in [0.15, 0.2) is 54.6 Å². The first-order valence-corrected chi connectivity index (χ1v) is 12.7. The van der Waals surface area contributed by atoms with Gasteiger partial charge in [0, 0.05) is 18.2 Å². The number of carbonyl (C=O) groups is 6. The molecular weight excluding hydrogens is 520 g/mol. The number of primary amides is 1. The van der Waals surface area contributed by atoms with Crippen LogP contribution in [-0.4, -0.2) is 53.1 Å². The van der Waals surface area contributed by atoms with Gasteiger partial charge in [-0.05, 0) is 43.0 Å². The number of anilines is 1. The number of amides is 4. The Morgan fingerprint density at radius 1 is 0.925 bits per heavy atom. The number of aliphatic carboxylic acids is 1. The molecule has 0 aliphatic rings. The summed E-state index contributed by atoms with van der Waals surface area (Å²) in [5.41, 5.74) is 5.61. The van der Waals surface area contributed by atoms with Gasteiger partial charge in [-0.2, -0.15) is 0 Å². The fourth-order valence-corrected chi connectivity index (χ4v) is 3.73. The lowest BCUT2D eigenvalue weighted by atomic mass is 9.94. The number of ether oxygens (including phenoxy) is 1. The number of hydrogen-bond donors (Lipinski definition) is 5. The van der Waals surface area contributed by atoms with Crippen molar-refractivity contribution in [1.82, 2.24) is 10.6 Å². The number of carboxylic acid groups (broad SMARTS) is 1. The zero-order valence-corrected chi connectivity index (χ0v) is 22.3. The number of carbonyl (C=O) groups excluding carboxylic acids is 5. The summed E-state index contributed by atoms with van der Waals surface area (Å²) in [5.74, 6) is -4.77. The Morgan fingerprint density at radius 3 is 2.17 bits per heavy atom. The average Bonchev–Trinajstić information content (AvgIpc) is 2.89. The van der Waals surface area contributed by atoms with Crippen LogP contribution in [0.4, 0.5) is 5.69 Å². The van der Waals surface area contributed by atoms with E-state index in [0.29, 0.717) is 17.2 Å². The summed E-state index contributed by atoms with van der Waals surface area (Å²) in [6, 6.07) is 13.0. The smallest absolute Gasteiger partial charge is 0.305 e. The normalized spacial score (nSPS) is 12.9. The van der Waals surface area contributed by atoms with Crippen molar-refractivity contribution in [2.24, 2.45) is 17.6 Å². The standard InChI is InChI=1S/C28H34N4O8/c1-17(2)13-22(26(37)31-19(16-33)15-25(35)36)27(38)32-23(11-12-24(29)34)28(39)30-18-7-6-10-21(14-18)40-20-8-4-3-5-9-20/h3-10,14,16-17,19,22-23H,11-13,15H2,1-2H3,(H2,29,34)(H,30,39)(H,31,37)(H,32,38)(H,35,36). The monoisotopic (exact) mass is 554 g/mol. The van der Waals surface area contributed by atoms with Crippen LogP contribution < -0.4 is 26.4 Å². The third-order valence-corrected chi connectivity index (χ3v) is 5.62. The molecule has 0 radical (unpaired) electrons. The Labute approximate surface area is 231 Å². The fourth-order valence-electron chi connectivity index (χ4n) is 3.73. The van der Waals surface area contributed by atoms with Crippen molar-refractivity contribution in [3.8, 4) is 11.5 Å². The number of aldehydes is 1. The van der Waals surface area contributed by atoms with Gasteiger partial charge < -0.3 is 36.3 Å². The first-order valence-electron chi connectivity index (χ1n) is 12.7. The van der Waals surface area contributed by atoms with Gasteiger partial charge >= 0.3 is 5.97 Å². The topological polar surface area (TPSA) is 194 Å². The molecule has 0 heterocycles. The third kappa shape index (κ3) is 10.9. The van der Waals surface area contributed by atoms with E-state index < -0.39 is 54.0 Å². The molecule has 2 aromatic carbocycles. The quantitative estimate of drug-likeness (QED) is 0.153. The van der Waals surface area contributed by atoms with Crippen LogP contribution >= 0.6 is 0 Å². The molecule has 0 aliphatic heterocycles. The summed E-state index contributed by atoms with van der Waals surface area (Å²) in [4.78, 5) is 72.8. The van der Waals surface area contributed by atoms with Crippen molar-refractivity contribution in [2.45, 2.75) is 51.6 Å². The highest BCUT2D eigenvalue weighted by Crippen LogP contribution is 2.24. The second-order valence-corrected chi connectivity index (χ2v) is 9.53. The zero-order valence-electron chi connectivity index (χ0n) is 22.3. The molecule has 214 valence electrons. The Bertz CT molecular complexity index is 1200. The third-order valence-electron chi connectivity index (χ3n) is 5.62. The van der Waals surface area contributed by atoms with Gasteiger partial charge in [-0.25, -0.2) is 0 Å². The minimum atomic E-state index is -1.33. The average molecular weight is 555 g/mol. The van der Waals surface area contributed by atoms with E-state index in [9.17, 15) is 28.8 Å². The predicted molar refractivity (Wildman–Crippen MR) is 145 cm³/mol. The number of hydrogen-bond acceptors (Lipinski definition) is 7. The maximum atomic E-state index is 13.2. The molecule has 3 unspecified atom stereocenters. The molecule has 3 atom stereocenters. The number of para-hydroxylation sites is 1. The lowest BCUT2D eigenvalue weighted by Gasteiger charge is -2.24. The number of nitrogens with one attached hydrogen (secondary N) is 3. The molecule has 12 heteroatoms. The molecule has 4 amide bonds. The first-order chi connectivity index (χ1) is 19.0. The van der Waals surface area contributed by atoms with Crippen molar-refractivity contribution in [1.29, 1.82) is 0 Å². The maximum Gasteiger partial charge on any atom is 0.305 e. The van der Waals surface area contributed by atoms with Crippen LogP contribution in [0.25, 0.3) is 0 Å². The molecule has 0 bridgehead atoms. The van der Waals surface area contributed by atoms with Crippen LogP contribution in [0.5, 0.6) is 11.5 Å². The van der Waals surface area contributed by atoms with E-state index in [1.165, 1.54) is 0 Å². The van der Waals surface area contributed by atoms with E-state index in [1.54, 1.807) is 50.2 Å². The van der Waals surface area contributed by atoms with Crippen LogP contribution in [-0.2, 0) is 28.8 Å². The molecule has 0 saturated heterocycles. The summed E-state index contributed by atoms with van der Waals surface area (Å²) < 4.78 is 5.78. The van der Waals surface area contributed by atoms with Gasteiger partial charge in [-0.15, -0.1) is 0 Å². The molecule has 12 nitrogen and oxygen atoms in total. The van der Waals surface area contributed by atoms with Gasteiger partial charge in [-0.3, -0.25) is 24.0 Å². The van der Waals surface area contributed by atoms with E-state index in [4.69, 9.17) is 15.6 Å². The maximum absolute atomic E-state index is 13.2. The molecule has 40 heavy (non-hydrogen) atoms. The minimum absolute atomic E-state index is 0.0549. The van der Waals surface area contributed by atoms with E-state index in [1.807, 2.05) is 18.2 Å². The van der Waals surface area contributed by atoms with Crippen LogP contribution in [0.3, 0.4) is 0 Å². The second-order valence-electron chi connectivity index (χ2n) is 9.53. The number of rotatable bonds is 16. The van der Waals surface area contributed by atoms with Crippen molar-refractivity contribution in [2.75, 3.05) is 5.32 Å². The Morgan fingerprint density at radius 2 is 1.57 bits per heavy atom. The summed E-state index contributed by atoms with van der Waals surface area (Å²) in [6.07, 6.45) is -0.683. The van der Waals surface area contributed by atoms with Gasteiger partial charge in [0.2, 0.25) is 23.6 Å². The van der Waals surface area contributed by atoms with Gasteiger partial charge in [0.05, 0.1) is 12.5 Å². The summed E-state index contributed by atoms with van der Waals surface area (Å²) >= 11 is 0. The second kappa shape index (κ2) is 15.6. The van der Waals surface area contributed by atoms with Crippen molar-refractivity contribution in [3.05, 3.63) is 54.6 Å². The molecule has 2 rings (SSSR count). The van der Waals surface area contributed by atoms with Crippen LogP contribution in [0.2, 0.25) is 0 Å². The highest BCUT2D eigenvalue weighted by molar-refractivity contribution is 6.04. The highest BCUT2D eigenvalue weighted by atomic mass is 16.5. The summed E-state index contributed by atoms with van der Waals surface area (Å²) in [6.45, 7) is 3.54. The molecule has 0 saturated carbocycles. The number of nitrogens with two attached hydrogens (primary N) is 1. The zero-order chi connectivity index (χ0) is 29.7. The van der Waals surface area contributed by atoms with Crippen molar-refractivity contribution < 1.29 is 38.6 Å². The molecule has 6 N–H and O–H groups in total. The highest BCUT2D eigenvalue weighted by Gasteiger charge is 2.32. The summed E-state index contributed by atoms with van der Waals surface area (Å²) in [5, 5.41) is 16.4. The SMILES string of the molecule is CC(C)CC(C(=O)NC(C=O)CC(=O)O)C(=O)NC(CCC(N)=O)C(=O)Nc1cccc(Oc2ccccc2)c1. The van der Waals surface area contributed by atoms with Gasteiger partial charge in [0.15, 0.2) is 0 Å². The van der Waals surface area contributed by atoms with E-state index in [0.717, 1.165) is 0 Å². The molecule has 0 aromatic heterocycles. The molecule has 0 spiro atoms. The largest absolute Gasteiger partial charge is 0.481 e. The van der Waals surface area contributed by atoms with Gasteiger partial charge in [-0.1, -0.05) is 38.1 Å². The van der Waals surface area contributed by atoms with Gasteiger partial charge in [0.1, 0.15) is 29.7 Å². The van der Waals surface area contributed by atoms with E-state index in [2.05, 4.69) is 16.0 Å². The van der Waals surface area contributed by atoms with Crippen LogP contribution in [0.1, 0.15) is 39.5 Å². The molecule has 0 aliphatic carbocycles. The summed E-state index contributed by atoms with van der Waals surface area (Å²) in [7, 11) is 0. The minimum Gasteiger partial charge on any atom is -0.481 e. The molecule has 2 aromatic rings. The van der Waals surface area contributed by atoms with Crippen LogP contribution in [0, 0.1) is 11.8 Å². The Hall–Kier alpha value is -4.74. The first kappa shape index (κ1) is 31.5. The molecule has 0 fully saturated rings.